The van der Waals surface area contributed by atoms with Crippen LogP contribution in [-0.2, 0) is 14.3 Å². The van der Waals surface area contributed by atoms with Gasteiger partial charge in [0, 0.05) is 32.6 Å². The van der Waals surface area contributed by atoms with E-state index in [2.05, 4.69) is 5.32 Å². The summed E-state index contributed by atoms with van der Waals surface area (Å²) >= 11 is 0. The first kappa shape index (κ1) is 17.0. The first-order valence-corrected chi connectivity index (χ1v) is 7.74. The normalized spacial score (nSPS) is 16.0. The van der Waals surface area contributed by atoms with Crippen molar-refractivity contribution in [3.05, 3.63) is 0 Å². The highest BCUT2D eigenvalue weighted by atomic mass is 16.5. The molecule has 0 aromatic heterocycles. The molecule has 5 heteroatoms. The molecule has 1 fully saturated rings. The summed E-state index contributed by atoms with van der Waals surface area (Å²) in [6.07, 6.45) is 7.56. The molecule has 1 aliphatic rings. The Bertz CT molecular complexity index is 288. The minimum absolute atomic E-state index is 0.121. The van der Waals surface area contributed by atoms with E-state index in [1.165, 1.54) is 0 Å². The molecule has 5 nitrogen and oxygen atoms in total. The summed E-state index contributed by atoms with van der Waals surface area (Å²) < 4.78 is 5.31. The smallest absolute Gasteiger partial charge is 0.303 e. The summed E-state index contributed by atoms with van der Waals surface area (Å²) in [5, 5.41) is 11.4. The second kappa shape index (κ2) is 10.7. The fraction of sp³-hybridized carbons (Fsp3) is 0.867. The van der Waals surface area contributed by atoms with Crippen molar-refractivity contribution in [2.24, 2.45) is 5.92 Å². The Morgan fingerprint density at radius 3 is 2.50 bits per heavy atom. The van der Waals surface area contributed by atoms with Crippen LogP contribution >= 0.6 is 0 Å². The number of nitrogens with one attached hydrogen (secondary N) is 1. The highest BCUT2D eigenvalue weighted by Gasteiger charge is 2.13. The zero-order valence-corrected chi connectivity index (χ0v) is 12.2. The van der Waals surface area contributed by atoms with Gasteiger partial charge in [-0.15, -0.1) is 0 Å². The lowest BCUT2D eigenvalue weighted by atomic mass is 9.94. The number of carboxylic acids is 1. The van der Waals surface area contributed by atoms with Crippen LogP contribution in [0.25, 0.3) is 0 Å². The molecule has 0 unspecified atom stereocenters. The summed E-state index contributed by atoms with van der Waals surface area (Å²) in [5.41, 5.74) is 0. The van der Waals surface area contributed by atoms with Gasteiger partial charge in [0.25, 0.3) is 0 Å². The van der Waals surface area contributed by atoms with Crippen LogP contribution in [0, 0.1) is 5.92 Å². The lowest BCUT2D eigenvalue weighted by Crippen LogP contribution is -2.24. The molecule has 0 saturated carbocycles. The summed E-state index contributed by atoms with van der Waals surface area (Å²) in [4.78, 5) is 21.9. The standard InChI is InChI=1S/C15H27NO4/c17-14(16-10-3-1-2-7-15(18)19)6-4-5-13-8-11-20-12-9-13/h13H,1-12H2,(H,16,17)(H,18,19). The van der Waals surface area contributed by atoms with Gasteiger partial charge in [-0.25, -0.2) is 0 Å². The van der Waals surface area contributed by atoms with Crippen LogP contribution in [0.3, 0.4) is 0 Å². The average molecular weight is 285 g/mol. The number of aliphatic carboxylic acids is 1. The van der Waals surface area contributed by atoms with Crippen LogP contribution in [0.15, 0.2) is 0 Å². The second-order valence-electron chi connectivity index (χ2n) is 5.50. The van der Waals surface area contributed by atoms with E-state index in [4.69, 9.17) is 9.84 Å². The number of carbonyl (C=O) groups is 2. The number of rotatable bonds is 10. The lowest BCUT2D eigenvalue weighted by molar-refractivity contribution is -0.137. The third-order valence-corrected chi connectivity index (χ3v) is 3.75. The number of ether oxygens (including phenoxy) is 1. The first-order valence-electron chi connectivity index (χ1n) is 7.74. The lowest BCUT2D eigenvalue weighted by Gasteiger charge is -2.21. The fourth-order valence-electron chi connectivity index (χ4n) is 2.48. The highest BCUT2D eigenvalue weighted by Crippen LogP contribution is 2.20. The van der Waals surface area contributed by atoms with Gasteiger partial charge in [0.15, 0.2) is 0 Å². The number of hydrogen-bond acceptors (Lipinski definition) is 3. The molecule has 116 valence electrons. The maximum atomic E-state index is 11.6. The summed E-state index contributed by atoms with van der Waals surface area (Å²) in [6, 6.07) is 0. The third-order valence-electron chi connectivity index (χ3n) is 3.75. The quantitative estimate of drug-likeness (QED) is 0.604. The maximum absolute atomic E-state index is 11.6. The zero-order chi connectivity index (χ0) is 14.6. The van der Waals surface area contributed by atoms with Crippen molar-refractivity contribution in [1.82, 2.24) is 5.32 Å². The van der Waals surface area contributed by atoms with Crippen molar-refractivity contribution in [3.63, 3.8) is 0 Å². The molecule has 0 spiro atoms. The van der Waals surface area contributed by atoms with Crippen LogP contribution in [0.1, 0.15) is 57.8 Å². The van der Waals surface area contributed by atoms with Gasteiger partial charge in [0.2, 0.25) is 5.91 Å². The minimum Gasteiger partial charge on any atom is -0.481 e. The first-order chi connectivity index (χ1) is 9.68. The van der Waals surface area contributed by atoms with Crippen molar-refractivity contribution >= 4 is 11.9 Å². The number of carboxylic acid groups (broad SMARTS) is 1. The largest absolute Gasteiger partial charge is 0.481 e. The van der Waals surface area contributed by atoms with Gasteiger partial charge in [-0.1, -0.05) is 6.42 Å². The Labute approximate surface area is 121 Å². The predicted octanol–water partition coefficient (Wildman–Crippen LogP) is 2.34. The van der Waals surface area contributed by atoms with E-state index in [0.29, 0.717) is 19.4 Å². The SMILES string of the molecule is O=C(O)CCCCCNC(=O)CCCC1CCOCC1. The van der Waals surface area contributed by atoms with E-state index >= 15 is 0 Å². The van der Waals surface area contributed by atoms with Gasteiger partial charge in [0.05, 0.1) is 0 Å². The van der Waals surface area contributed by atoms with E-state index in [0.717, 1.165) is 57.7 Å². The molecule has 1 heterocycles. The molecule has 0 aliphatic carbocycles. The number of hydrogen-bond donors (Lipinski definition) is 2. The van der Waals surface area contributed by atoms with E-state index in [-0.39, 0.29) is 12.3 Å². The Kier molecular flexibility index (Phi) is 9.04. The van der Waals surface area contributed by atoms with Crippen LogP contribution in [0.2, 0.25) is 0 Å². The van der Waals surface area contributed by atoms with Gasteiger partial charge in [-0.05, 0) is 44.4 Å². The molecule has 2 N–H and O–H groups in total. The Morgan fingerprint density at radius 1 is 1.05 bits per heavy atom. The van der Waals surface area contributed by atoms with E-state index in [9.17, 15) is 9.59 Å². The van der Waals surface area contributed by atoms with Gasteiger partial charge in [-0.3, -0.25) is 9.59 Å². The van der Waals surface area contributed by atoms with Crippen LogP contribution < -0.4 is 5.32 Å². The van der Waals surface area contributed by atoms with Crippen molar-refractivity contribution < 1.29 is 19.4 Å². The van der Waals surface area contributed by atoms with Crippen LogP contribution in [-0.4, -0.2) is 36.7 Å². The minimum atomic E-state index is -0.748. The topological polar surface area (TPSA) is 75.6 Å². The molecular formula is C15H27NO4. The van der Waals surface area contributed by atoms with Crippen molar-refractivity contribution in [2.75, 3.05) is 19.8 Å². The van der Waals surface area contributed by atoms with E-state index < -0.39 is 5.97 Å². The molecule has 20 heavy (non-hydrogen) atoms. The Hall–Kier alpha value is -1.10. The molecule has 1 rings (SSSR count). The van der Waals surface area contributed by atoms with Gasteiger partial charge >= 0.3 is 5.97 Å². The highest BCUT2D eigenvalue weighted by molar-refractivity contribution is 5.75. The molecule has 0 aromatic carbocycles. The Morgan fingerprint density at radius 2 is 1.80 bits per heavy atom. The zero-order valence-electron chi connectivity index (χ0n) is 12.2. The van der Waals surface area contributed by atoms with Crippen molar-refractivity contribution in [1.29, 1.82) is 0 Å². The number of unbranched alkanes of at least 4 members (excludes halogenated alkanes) is 2. The molecule has 1 saturated heterocycles. The Balaban J connectivity index is 1.88. The monoisotopic (exact) mass is 285 g/mol. The van der Waals surface area contributed by atoms with Gasteiger partial charge in [-0.2, -0.15) is 0 Å². The summed E-state index contributed by atoms with van der Waals surface area (Å²) in [7, 11) is 0. The molecule has 1 aliphatic heterocycles. The molecule has 1 amide bonds. The van der Waals surface area contributed by atoms with Crippen LogP contribution in [0.5, 0.6) is 0 Å². The predicted molar refractivity (Wildman–Crippen MR) is 76.5 cm³/mol. The maximum Gasteiger partial charge on any atom is 0.303 e. The molecule has 0 radical (unpaired) electrons. The summed E-state index contributed by atoms with van der Waals surface area (Å²) in [6.45, 7) is 2.40. The number of amides is 1. The molecule has 0 bridgehead atoms. The summed E-state index contributed by atoms with van der Waals surface area (Å²) in [5.74, 6) is 0.102. The van der Waals surface area contributed by atoms with Crippen molar-refractivity contribution in [3.8, 4) is 0 Å². The molecule has 0 atom stereocenters. The third kappa shape index (κ3) is 8.91. The molecule has 0 aromatic rings. The van der Waals surface area contributed by atoms with Crippen molar-refractivity contribution in [2.45, 2.75) is 57.8 Å². The van der Waals surface area contributed by atoms with E-state index in [1.807, 2.05) is 0 Å². The fourth-order valence-corrected chi connectivity index (χ4v) is 2.48. The van der Waals surface area contributed by atoms with Gasteiger partial charge in [0.1, 0.15) is 0 Å². The number of carbonyl (C=O) groups excluding carboxylic acids is 1. The van der Waals surface area contributed by atoms with Crippen LogP contribution in [0.4, 0.5) is 0 Å². The van der Waals surface area contributed by atoms with E-state index in [1.54, 1.807) is 0 Å². The average Bonchev–Trinajstić information content (AvgIpc) is 2.43. The second-order valence-corrected chi connectivity index (χ2v) is 5.50. The van der Waals surface area contributed by atoms with Gasteiger partial charge < -0.3 is 15.2 Å². The molecular weight excluding hydrogens is 258 g/mol.